The Kier molecular flexibility index (Phi) is 3.31. The van der Waals surface area contributed by atoms with Crippen molar-refractivity contribution in [3.8, 4) is 5.75 Å². The molecule has 3 heteroatoms. The lowest BCUT2D eigenvalue weighted by atomic mass is 10.3. The summed E-state index contributed by atoms with van der Waals surface area (Å²) in [6.45, 7) is 3.48. The zero-order chi connectivity index (χ0) is 9.68. The molecule has 1 aromatic carbocycles. The highest BCUT2D eigenvalue weighted by atomic mass is 16.5. The lowest BCUT2D eigenvalue weighted by molar-refractivity contribution is -0.115. The van der Waals surface area contributed by atoms with Gasteiger partial charge < -0.3 is 10.1 Å². The molecule has 1 amide bonds. The van der Waals surface area contributed by atoms with E-state index in [0.717, 1.165) is 0 Å². The number of hydrogen-bond donors (Lipinski definition) is 1. The van der Waals surface area contributed by atoms with Crippen LogP contribution in [0, 0.1) is 6.92 Å². The van der Waals surface area contributed by atoms with Crippen LogP contribution < -0.4 is 10.1 Å². The van der Waals surface area contributed by atoms with E-state index in [1.54, 1.807) is 19.2 Å². The van der Waals surface area contributed by atoms with E-state index in [4.69, 9.17) is 4.74 Å². The maximum atomic E-state index is 11.0. The van der Waals surface area contributed by atoms with Gasteiger partial charge in [-0.1, -0.05) is 12.1 Å². The quantitative estimate of drug-likeness (QED) is 0.767. The number of rotatable bonds is 3. The zero-order valence-electron chi connectivity index (χ0n) is 7.54. The van der Waals surface area contributed by atoms with E-state index < -0.39 is 0 Å². The average Bonchev–Trinajstić information content (AvgIpc) is 2.18. The molecule has 1 rings (SSSR count). The SMILES string of the molecule is [CH2]CC(=O)Nc1ccccc1OC. The average molecular weight is 178 g/mol. The van der Waals surface area contributed by atoms with Crippen molar-refractivity contribution in [3.05, 3.63) is 31.2 Å². The smallest absolute Gasteiger partial charge is 0.224 e. The predicted octanol–water partition coefficient (Wildman–Crippen LogP) is 1.86. The number of hydrogen-bond acceptors (Lipinski definition) is 2. The van der Waals surface area contributed by atoms with Crippen LogP contribution in [0.2, 0.25) is 0 Å². The first-order valence-electron chi connectivity index (χ1n) is 4.00. The second-order valence-corrected chi connectivity index (χ2v) is 2.50. The second kappa shape index (κ2) is 4.50. The number of benzene rings is 1. The standard InChI is InChI=1S/C10H12NO2/c1-3-10(12)11-8-6-4-5-7-9(8)13-2/h4-7H,1,3H2,2H3,(H,11,12). The van der Waals surface area contributed by atoms with E-state index in [1.165, 1.54) is 0 Å². The molecule has 3 nitrogen and oxygen atoms in total. The Morgan fingerprint density at radius 3 is 2.85 bits per heavy atom. The maximum Gasteiger partial charge on any atom is 0.224 e. The molecule has 0 saturated carbocycles. The van der Waals surface area contributed by atoms with Crippen LogP contribution in [0.3, 0.4) is 0 Å². The fourth-order valence-electron chi connectivity index (χ4n) is 0.961. The molecule has 0 bridgehead atoms. The van der Waals surface area contributed by atoms with Crippen LogP contribution in [-0.2, 0) is 4.79 Å². The number of anilines is 1. The lowest BCUT2D eigenvalue weighted by Crippen LogP contribution is -2.10. The molecular formula is C10H12NO2. The second-order valence-electron chi connectivity index (χ2n) is 2.50. The van der Waals surface area contributed by atoms with E-state index >= 15 is 0 Å². The van der Waals surface area contributed by atoms with Crippen molar-refractivity contribution in [3.63, 3.8) is 0 Å². The molecule has 1 radical (unpaired) electrons. The van der Waals surface area contributed by atoms with Gasteiger partial charge in [-0.3, -0.25) is 4.79 Å². The number of carbonyl (C=O) groups excluding carboxylic acids is 1. The van der Waals surface area contributed by atoms with Gasteiger partial charge in [-0.15, -0.1) is 0 Å². The predicted molar refractivity (Wildman–Crippen MR) is 51.6 cm³/mol. The van der Waals surface area contributed by atoms with E-state index in [1.807, 2.05) is 12.1 Å². The van der Waals surface area contributed by atoms with Crippen LogP contribution in [0.25, 0.3) is 0 Å². The van der Waals surface area contributed by atoms with Crippen molar-refractivity contribution >= 4 is 11.6 Å². The van der Waals surface area contributed by atoms with Crippen molar-refractivity contribution in [2.45, 2.75) is 6.42 Å². The van der Waals surface area contributed by atoms with E-state index in [-0.39, 0.29) is 12.3 Å². The first-order valence-corrected chi connectivity index (χ1v) is 4.00. The van der Waals surface area contributed by atoms with Gasteiger partial charge in [-0.05, 0) is 19.1 Å². The van der Waals surface area contributed by atoms with Crippen LogP contribution in [0.5, 0.6) is 5.75 Å². The highest BCUT2D eigenvalue weighted by molar-refractivity contribution is 5.92. The first kappa shape index (κ1) is 9.58. The Bertz CT molecular complexity index is 297. The highest BCUT2D eigenvalue weighted by Gasteiger charge is 2.03. The summed E-state index contributed by atoms with van der Waals surface area (Å²) in [5.41, 5.74) is 0.679. The van der Waals surface area contributed by atoms with Crippen LogP contribution >= 0.6 is 0 Å². The number of nitrogens with one attached hydrogen (secondary N) is 1. The molecule has 69 valence electrons. The molecule has 0 aliphatic rings. The number of carbonyl (C=O) groups is 1. The Hall–Kier alpha value is -1.51. The normalized spacial score (nSPS) is 9.38. The van der Waals surface area contributed by atoms with Gasteiger partial charge in [0.1, 0.15) is 5.75 Å². The van der Waals surface area contributed by atoms with Gasteiger partial charge in [-0.25, -0.2) is 0 Å². The van der Waals surface area contributed by atoms with Crippen molar-refractivity contribution in [1.29, 1.82) is 0 Å². The van der Waals surface area contributed by atoms with Gasteiger partial charge in [0, 0.05) is 6.42 Å². The van der Waals surface area contributed by atoms with Crippen molar-refractivity contribution in [2.75, 3.05) is 12.4 Å². The summed E-state index contributed by atoms with van der Waals surface area (Å²) >= 11 is 0. The van der Waals surface area contributed by atoms with E-state index in [0.29, 0.717) is 11.4 Å². The highest BCUT2D eigenvalue weighted by Crippen LogP contribution is 2.22. The molecular weight excluding hydrogens is 166 g/mol. The Labute approximate surface area is 77.7 Å². The molecule has 0 spiro atoms. The number of amides is 1. The molecule has 0 aliphatic heterocycles. The van der Waals surface area contributed by atoms with Gasteiger partial charge >= 0.3 is 0 Å². The van der Waals surface area contributed by atoms with Gasteiger partial charge in [0.15, 0.2) is 0 Å². The van der Waals surface area contributed by atoms with Crippen molar-refractivity contribution in [1.82, 2.24) is 0 Å². The molecule has 0 fully saturated rings. The topological polar surface area (TPSA) is 38.3 Å². The van der Waals surface area contributed by atoms with Gasteiger partial charge in [0.25, 0.3) is 0 Å². The first-order chi connectivity index (χ1) is 6.27. The summed E-state index contributed by atoms with van der Waals surface area (Å²) in [5.74, 6) is 0.536. The number of methoxy groups -OCH3 is 1. The Balaban J connectivity index is 2.81. The molecule has 0 aliphatic carbocycles. The summed E-state index contributed by atoms with van der Waals surface area (Å²) in [5, 5.41) is 2.68. The van der Waals surface area contributed by atoms with Crippen LogP contribution in [-0.4, -0.2) is 13.0 Å². The minimum absolute atomic E-state index is 0.121. The Morgan fingerprint density at radius 2 is 2.23 bits per heavy atom. The van der Waals surface area contributed by atoms with E-state index in [9.17, 15) is 4.79 Å². The van der Waals surface area contributed by atoms with Gasteiger partial charge in [0.05, 0.1) is 12.8 Å². The minimum Gasteiger partial charge on any atom is -0.495 e. The summed E-state index contributed by atoms with van der Waals surface area (Å²) in [4.78, 5) is 11.0. The largest absolute Gasteiger partial charge is 0.495 e. The molecule has 13 heavy (non-hydrogen) atoms. The number of para-hydroxylation sites is 2. The summed E-state index contributed by atoms with van der Waals surface area (Å²) in [7, 11) is 1.56. The molecule has 0 atom stereocenters. The molecule has 0 saturated heterocycles. The van der Waals surface area contributed by atoms with Crippen LogP contribution in [0.15, 0.2) is 24.3 Å². The van der Waals surface area contributed by atoms with Gasteiger partial charge in [0.2, 0.25) is 5.91 Å². The van der Waals surface area contributed by atoms with Crippen LogP contribution in [0.1, 0.15) is 6.42 Å². The van der Waals surface area contributed by atoms with Crippen molar-refractivity contribution in [2.24, 2.45) is 0 Å². The summed E-state index contributed by atoms with van der Waals surface area (Å²) in [6.07, 6.45) is 0.220. The van der Waals surface area contributed by atoms with Gasteiger partial charge in [-0.2, -0.15) is 0 Å². The summed E-state index contributed by atoms with van der Waals surface area (Å²) in [6, 6.07) is 7.25. The third kappa shape index (κ3) is 2.47. The molecule has 0 unspecified atom stereocenters. The third-order valence-electron chi connectivity index (χ3n) is 1.61. The monoisotopic (exact) mass is 178 g/mol. The fourth-order valence-corrected chi connectivity index (χ4v) is 0.961. The zero-order valence-corrected chi connectivity index (χ0v) is 7.54. The van der Waals surface area contributed by atoms with Crippen LogP contribution in [0.4, 0.5) is 5.69 Å². The molecule has 0 aromatic heterocycles. The minimum atomic E-state index is -0.121. The third-order valence-corrected chi connectivity index (χ3v) is 1.61. The fraction of sp³-hybridized carbons (Fsp3) is 0.200. The van der Waals surface area contributed by atoms with E-state index in [2.05, 4.69) is 12.2 Å². The molecule has 0 heterocycles. The number of ether oxygens (including phenoxy) is 1. The maximum absolute atomic E-state index is 11.0. The molecule has 1 N–H and O–H groups in total. The lowest BCUT2D eigenvalue weighted by Gasteiger charge is -2.08. The van der Waals surface area contributed by atoms with Crippen molar-refractivity contribution < 1.29 is 9.53 Å². The Morgan fingerprint density at radius 1 is 1.54 bits per heavy atom. The summed E-state index contributed by atoms with van der Waals surface area (Å²) < 4.78 is 5.06. The molecule has 1 aromatic rings.